The van der Waals surface area contributed by atoms with Gasteiger partial charge < -0.3 is 24.6 Å². The molecule has 1 aromatic carbocycles. The third-order valence-electron chi connectivity index (χ3n) is 4.05. The summed E-state index contributed by atoms with van der Waals surface area (Å²) in [5.74, 6) is 0.191. The van der Waals surface area contributed by atoms with Gasteiger partial charge in [-0.3, -0.25) is 9.59 Å². The fraction of sp³-hybridized carbons (Fsp3) is 0.316. The molecule has 142 valence electrons. The highest BCUT2D eigenvalue weighted by atomic mass is 16.5. The average molecular weight is 372 g/mol. The van der Waals surface area contributed by atoms with Crippen molar-refractivity contribution in [2.75, 3.05) is 19.8 Å². The topological polar surface area (TPSA) is 107 Å². The predicted molar refractivity (Wildman–Crippen MR) is 94.8 cm³/mol. The van der Waals surface area contributed by atoms with Gasteiger partial charge in [0.25, 0.3) is 5.91 Å². The number of amides is 1. The fourth-order valence-electron chi connectivity index (χ4n) is 2.79. The number of nitrogens with one attached hydrogen (secondary N) is 1. The van der Waals surface area contributed by atoms with Crippen LogP contribution >= 0.6 is 0 Å². The van der Waals surface area contributed by atoms with Gasteiger partial charge in [0.15, 0.2) is 6.61 Å². The Labute approximate surface area is 156 Å². The van der Waals surface area contributed by atoms with E-state index in [2.05, 4.69) is 10.3 Å². The highest BCUT2D eigenvalue weighted by Crippen LogP contribution is 2.24. The number of benzene rings is 1. The van der Waals surface area contributed by atoms with E-state index in [4.69, 9.17) is 19.3 Å². The van der Waals surface area contributed by atoms with Crippen molar-refractivity contribution in [2.45, 2.75) is 18.4 Å². The SMILES string of the molecule is O=C(O)CC1(NC(=O)COc2ccc(Oc3ccccn3)cc2)CCOC1. The second-order valence-corrected chi connectivity index (χ2v) is 6.23. The van der Waals surface area contributed by atoms with Crippen LogP contribution in [0.5, 0.6) is 17.4 Å². The first-order valence-corrected chi connectivity index (χ1v) is 8.47. The van der Waals surface area contributed by atoms with Crippen molar-refractivity contribution >= 4 is 11.9 Å². The molecule has 27 heavy (non-hydrogen) atoms. The standard InChI is InChI=1S/C19H20N2O6/c22-16(21-19(11-18(23)24)8-10-25-13-19)12-26-14-4-6-15(7-5-14)27-17-3-1-2-9-20-17/h1-7,9H,8,10-13H2,(H,21,22)(H,23,24). The van der Waals surface area contributed by atoms with Crippen LogP contribution in [0.4, 0.5) is 0 Å². The summed E-state index contributed by atoms with van der Waals surface area (Å²) in [5, 5.41) is 11.8. The van der Waals surface area contributed by atoms with Crippen molar-refractivity contribution in [3.63, 3.8) is 0 Å². The maximum atomic E-state index is 12.1. The Morgan fingerprint density at radius 2 is 1.96 bits per heavy atom. The van der Waals surface area contributed by atoms with E-state index in [-0.39, 0.29) is 19.6 Å². The molecule has 0 spiro atoms. The summed E-state index contributed by atoms with van der Waals surface area (Å²) in [4.78, 5) is 27.3. The van der Waals surface area contributed by atoms with Crippen LogP contribution in [0, 0.1) is 0 Å². The van der Waals surface area contributed by atoms with Crippen LogP contribution < -0.4 is 14.8 Å². The zero-order valence-corrected chi connectivity index (χ0v) is 14.6. The van der Waals surface area contributed by atoms with Crippen molar-refractivity contribution in [1.29, 1.82) is 0 Å². The number of carbonyl (C=O) groups excluding carboxylic acids is 1. The Morgan fingerprint density at radius 1 is 1.19 bits per heavy atom. The zero-order valence-electron chi connectivity index (χ0n) is 14.6. The molecular weight excluding hydrogens is 352 g/mol. The summed E-state index contributed by atoms with van der Waals surface area (Å²) < 4.78 is 16.3. The molecule has 3 rings (SSSR count). The van der Waals surface area contributed by atoms with Crippen molar-refractivity contribution in [3.05, 3.63) is 48.7 Å². The lowest BCUT2D eigenvalue weighted by atomic mass is 9.94. The third kappa shape index (κ3) is 5.42. The first kappa shape index (κ1) is 18.7. The predicted octanol–water partition coefficient (Wildman–Crippen LogP) is 2.00. The fourth-order valence-corrected chi connectivity index (χ4v) is 2.79. The first-order valence-electron chi connectivity index (χ1n) is 8.47. The quantitative estimate of drug-likeness (QED) is 0.730. The van der Waals surface area contributed by atoms with E-state index in [0.29, 0.717) is 30.4 Å². The maximum absolute atomic E-state index is 12.1. The Hall–Kier alpha value is -3.13. The van der Waals surface area contributed by atoms with Gasteiger partial charge >= 0.3 is 5.97 Å². The molecule has 0 radical (unpaired) electrons. The molecule has 8 nitrogen and oxygen atoms in total. The molecule has 2 aromatic rings. The smallest absolute Gasteiger partial charge is 0.305 e. The molecule has 1 aliphatic heterocycles. The van der Waals surface area contributed by atoms with Gasteiger partial charge in [-0.2, -0.15) is 0 Å². The molecule has 8 heteroatoms. The van der Waals surface area contributed by atoms with Gasteiger partial charge in [-0.25, -0.2) is 4.98 Å². The lowest BCUT2D eigenvalue weighted by Gasteiger charge is -2.26. The number of aromatic nitrogens is 1. The molecule has 1 aromatic heterocycles. The minimum absolute atomic E-state index is 0.182. The Bertz CT molecular complexity index is 773. The number of pyridine rings is 1. The van der Waals surface area contributed by atoms with Crippen LogP contribution in [0.2, 0.25) is 0 Å². The Morgan fingerprint density at radius 3 is 2.59 bits per heavy atom. The Balaban J connectivity index is 1.50. The third-order valence-corrected chi connectivity index (χ3v) is 4.05. The monoisotopic (exact) mass is 372 g/mol. The van der Waals surface area contributed by atoms with E-state index in [0.717, 1.165) is 0 Å². The molecule has 0 bridgehead atoms. The molecule has 0 aliphatic carbocycles. The van der Waals surface area contributed by atoms with Gasteiger partial charge in [-0.15, -0.1) is 0 Å². The number of carboxylic acids is 1. The van der Waals surface area contributed by atoms with E-state index in [9.17, 15) is 9.59 Å². The number of hydrogen-bond acceptors (Lipinski definition) is 6. The molecule has 1 fully saturated rings. The molecule has 2 N–H and O–H groups in total. The molecular formula is C19H20N2O6. The second-order valence-electron chi connectivity index (χ2n) is 6.23. The van der Waals surface area contributed by atoms with Gasteiger partial charge in [-0.1, -0.05) is 6.07 Å². The molecule has 1 amide bonds. The molecule has 1 unspecified atom stereocenters. The minimum Gasteiger partial charge on any atom is -0.484 e. The van der Waals surface area contributed by atoms with E-state index in [1.165, 1.54) is 0 Å². The second kappa shape index (κ2) is 8.50. The minimum atomic E-state index is -0.981. The highest BCUT2D eigenvalue weighted by molar-refractivity contribution is 5.79. The van der Waals surface area contributed by atoms with Crippen LogP contribution in [0.3, 0.4) is 0 Å². The Kier molecular flexibility index (Phi) is 5.87. The van der Waals surface area contributed by atoms with Gasteiger partial charge in [0.1, 0.15) is 11.5 Å². The summed E-state index contributed by atoms with van der Waals surface area (Å²) >= 11 is 0. The van der Waals surface area contributed by atoms with Crippen LogP contribution in [0.25, 0.3) is 0 Å². The summed E-state index contributed by atoms with van der Waals surface area (Å²) in [5.41, 5.74) is -0.868. The van der Waals surface area contributed by atoms with E-state index < -0.39 is 17.4 Å². The van der Waals surface area contributed by atoms with Crippen molar-refractivity contribution in [3.8, 4) is 17.4 Å². The number of ether oxygens (including phenoxy) is 3. The van der Waals surface area contributed by atoms with Gasteiger partial charge in [0, 0.05) is 18.9 Å². The first-order chi connectivity index (χ1) is 13.0. The van der Waals surface area contributed by atoms with Crippen molar-refractivity contribution in [1.82, 2.24) is 10.3 Å². The number of hydrogen-bond donors (Lipinski definition) is 2. The highest BCUT2D eigenvalue weighted by Gasteiger charge is 2.38. The van der Waals surface area contributed by atoms with Crippen molar-refractivity contribution < 1.29 is 28.9 Å². The van der Waals surface area contributed by atoms with Gasteiger partial charge in [-0.05, 0) is 36.8 Å². The summed E-state index contributed by atoms with van der Waals surface area (Å²) in [6.45, 7) is 0.387. The normalized spacial score (nSPS) is 18.7. The molecule has 1 atom stereocenters. The van der Waals surface area contributed by atoms with E-state index in [1.54, 1.807) is 42.6 Å². The van der Waals surface area contributed by atoms with Gasteiger partial charge in [0.05, 0.1) is 18.6 Å². The number of carboxylic acid groups (broad SMARTS) is 1. The molecule has 1 aliphatic rings. The zero-order chi connectivity index (χ0) is 19.1. The largest absolute Gasteiger partial charge is 0.484 e. The molecule has 2 heterocycles. The summed E-state index contributed by atoms with van der Waals surface area (Å²) in [7, 11) is 0. The lowest BCUT2D eigenvalue weighted by Crippen LogP contribution is -2.51. The van der Waals surface area contributed by atoms with Crippen molar-refractivity contribution in [2.24, 2.45) is 0 Å². The number of rotatable bonds is 8. The van der Waals surface area contributed by atoms with Crippen LogP contribution in [0.15, 0.2) is 48.7 Å². The average Bonchev–Trinajstić information content (AvgIpc) is 3.09. The van der Waals surface area contributed by atoms with E-state index >= 15 is 0 Å². The number of carbonyl (C=O) groups is 2. The summed E-state index contributed by atoms with van der Waals surface area (Å²) in [6, 6.07) is 12.1. The molecule has 0 saturated carbocycles. The number of nitrogens with zero attached hydrogens (tertiary/aromatic N) is 1. The molecule has 1 saturated heterocycles. The van der Waals surface area contributed by atoms with Crippen LogP contribution in [-0.2, 0) is 14.3 Å². The van der Waals surface area contributed by atoms with Crippen LogP contribution in [-0.4, -0.2) is 47.3 Å². The van der Waals surface area contributed by atoms with Gasteiger partial charge in [0.2, 0.25) is 5.88 Å². The lowest BCUT2D eigenvalue weighted by molar-refractivity contribution is -0.139. The van der Waals surface area contributed by atoms with Crippen LogP contribution in [0.1, 0.15) is 12.8 Å². The maximum Gasteiger partial charge on any atom is 0.305 e. The number of aliphatic carboxylic acids is 1. The summed E-state index contributed by atoms with van der Waals surface area (Å²) in [6.07, 6.45) is 1.92. The van der Waals surface area contributed by atoms with E-state index in [1.807, 2.05) is 6.07 Å².